The Bertz CT molecular complexity index is 1270. The lowest BCUT2D eigenvalue weighted by atomic mass is 9.84. The lowest BCUT2D eigenvalue weighted by molar-refractivity contribution is 0.0196. The average Bonchev–Trinajstić information content (AvgIpc) is 3.44. The SMILES string of the molecule is COc1cc(-c2cnn(C)c2)ccc1Nc1nc(N[C@H]2CC[C@](C)(O)CC2)c2cccn2n1. The number of ether oxygens (including phenoxy) is 1. The molecule has 0 spiro atoms. The zero-order valence-electron chi connectivity index (χ0n) is 19.1. The van der Waals surface area contributed by atoms with Crippen LogP contribution in [0.15, 0.2) is 48.9 Å². The van der Waals surface area contributed by atoms with E-state index in [1.54, 1.807) is 11.8 Å². The van der Waals surface area contributed by atoms with E-state index in [1.165, 1.54) is 0 Å². The van der Waals surface area contributed by atoms with Crippen molar-refractivity contribution in [3.8, 4) is 16.9 Å². The lowest BCUT2D eigenvalue weighted by Gasteiger charge is -2.33. The number of nitrogens with one attached hydrogen (secondary N) is 2. The van der Waals surface area contributed by atoms with E-state index in [9.17, 15) is 5.11 Å². The minimum Gasteiger partial charge on any atom is -0.495 e. The molecular weight excluding hydrogens is 418 g/mol. The van der Waals surface area contributed by atoms with Crippen molar-refractivity contribution in [3.63, 3.8) is 0 Å². The van der Waals surface area contributed by atoms with Crippen molar-refractivity contribution in [1.29, 1.82) is 0 Å². The highest BCUT2D eigenvalue weighted by Gasteiger charge is 2.29. The van der Waals surface area contributed by atoms with Crippen LogP contribution in [0.25, 0.3) is 16.6 Å². The molecule has 1 aliphatic rings. The Morgan fingerprint density at radius 2 is 2.00 bits per heavy atom. The van der Waals surface area contributed by atoms with E-state index in [4.69, 9.17) is 9.72 Å². The fourth-order valence-electron chi connectivity index (χ4n) is 4.34. The van der Waals surface area contributed by atoms with Crippen molar-refractivity contribution in [1.82, 2.24) is 24.4 Å². The highest BCUT2D eigenvalue weighted by Crippen LogP contribution is 2.33. The maximum absolute atomic E-state index is 10.3. The second kappa shape index (κ2) is 8.40. The summed E-state index contributed by atoms with van der Waals surface area (Å²) in [6, 6.07) is 10.2. The molecule has 9 nitrogen and oxygen atoms in total. The normalized spacial score (nSPS) is 20.7. The molecule has 0 atom stereocenters. The van der Waals surface area contributed by atoms with Gasteiger partial charge in [0.15, 0.2) is 5.82 Å². The zero-order chi connectivity index (χ0) is 23.0. The number of aliphatic hydroxyl groups is 1. The van der Waals surface area contributed by atoms with E-state index >= 15 is 0 Å². The van der Waals surface area contributed by atoms with Crippen LogP contribution in [0, 0.1) is 0 Å². The van der Waals surface area contributed by atoms with Gasteiger partial charge >= 0.3 is 0 Å². The van der Waals surface area contributed by atoms with Crippen molar-refractivity contribution < 1.29 is 9.84 Å². The first kappa shape index (κ1) is 21.3. The molecule has 1 fully saturated rings. The Morgan fingerprint density at radius 3 is 2.73 bits per heavy atom. The maximum atomic E-state index is 10.3. The van der Waals surface area contributed by atoms with Gasteiger partial charge in [0, 0.05) is 31.0 Å². The Kier molecular flexibility index (Phi) is 5.41. The minimum absolute atomic E-state index is 0.264. The predicted molar refractivity (Wildman–Crippen MR) is 128 cm³/mol. The van der Waals surface area contributed by atoms with E-state index in [1.807, 2.05) is 67.4 Å². The minimum atomic E-state index is -0.570. The van der Waals surface area contributed by atoms with Gasteiger partial charge in [-0.1, -0.05) is 6.07 Å². The molecule has 1 saturated carbocycles. The number of aryl methyl sites for hydroxylation is 1. The number of hydrogen-bond acceptors (Lipinski definition) is 7. The zero-order valence-corrected chi connectivity index (χ0v) is 19.1. The first-order valence-corrected chi connectivity index (χ1v) is 11.2. The number of anilines is 3. The average molecular weight is 448 g/mol. The summed E-state index contributed by atoms with van der Waals surface area (Å²) in [7, 11) is 3.54. The van der Waals surface area contributed by atoms with Gasteiger partial charge in [0.1, 0.15) is 11.3 Å². The van der Waals surface area contributed by atoms with Gasteiger partial charge in [0.05, 0.1) is 24.6 Å². The van der Waals surface area contributed by atoms with Crippen LogP contribution in [0.5, 0.6) is 5.75 Å². The summed E-state index contributed by atoms with van der Waals surface area (Å²) in [6.45, 7) is 1.91. The molecule has 1 aliphatic carbocycles. The Hall–Kier alpha value is -3.59. The third-order valence-electron chi connectivity index (χ3n) is 6.28. The first-order valence-electron chi connectivity index (χ1n) is 11.2. The van der Waals surface area contributed by atoms with Crippen LogP contribution >= 0.6 is 0 Å². The number of rotatable bonds is 6. The third-order valence-corrected chi connectivity index (χ3v) is 6.28. The number of fused-ring (bicyclic) bond motifs is 1. The van der Waals surface area contributed by atoms with Gasteiger partial charge in [-0.25, -0.2) is 4.52 Å². The van der Waals surface area contributed by atoms with E-state index in [-0.39, 0.29) is 6.04 Å². The molecule has 3 N–H and O–H groups in total. The summed E-state index contributed by atoms with van der Waals surface area (Å²) >= 11 is 0. The second-order valence-corrected chi connectivity index (χ2v) is 8.98. The summed E-state index contributed by atoms with van der Waals surface area (Å²) in [5, 5.41) is 26.0. The van der Waals surface area contributed by atoms with Gasteiger partial charge in [-0.15, -0.1) is 5.10 Å². The molecule has 1 aromatic carbocycles. The van der Waals surface area contributed by atoms with Crippen molar-refractivity contribution in [2.24, 2.45) is 7.05 Å². The molecule has 0 unspecified atom stereocenters. The van der Waals surface area contributed by atoms with Crippen LogP contribution in [-0.2, 0) is 7.05 Å². The van der Waals surface area contributed by atoms with Gasteiger partial charge < -0.3 is 20.5 Å². The van der Waals surface area contributed by atoms with Crippen LogP contribution in [0.4, 0.5) is 17.5 Å². The summed E-state index contributed by atoms with van der Waals surface area (Å²) in [5.74, 6) is 1.93. The van der Waals surface area contributed by atoms with Crippen molar-refractivity contribution in [2.75, 3.05) is 17.7 Å². The number of nitrogens with zero attached hydrogens (tertiary/aromatic N) is 5. The van der Waals surface area contributed by atoms with Crippen molar-refractivity contribution in [3.05, 3.63) is 48.9 Å². The molecule has 3 heterocycles. The summed E-state index contributed by atoms with van der Waals surface area (Å²) < 4.78 is 9.23. The third kappa shape index (κ3) is 4.49. The molecule has 0 amide bonds. The number of benzene rings is 1. The number of methoxy groups -OCH3 is 1. The molecule has 0 aliphatic heterocycles. The predicted octanol–water partition coefficient (Wildman–Crippen LogP) is 3.99. The van der Waals surface area contributed by atoms with E-state index in [0.717, 1.165) is 53.8 Å². The second-order valence-electron chi connectivity index (χ2n) is 8.98. The highest BCUT2D eigenvalue weighted by atomic mass is 16.5. The molecule has 4 aromatic rings. The van der Waals surface area contributed by atoms with E-state index in [0.29, 0.717) is 11.7 Å². The summed E-state index contributed by atoms with van der Waals surface area (Å²) in [5.41, 5.74) is 3.15. The van der Waals surface area contributed by atoms with Crippen LogP contribution in [0.1, 0.15) is 32.6 Å². The highest BCUT2D eigenvalue weighted by molar-refractivity contribution is 5.74. The van der Waals surface area contributed by atoms with Gasteiger partial charge in [-0.2, -0.15) is 10.1 Å². The van der Waals surface area contributed by atoms with Crippen molar-refractivity contribution >= 4 is 23.0 Å². The quantitative estimate of drug-likeness (QED) is 0.411. The molecule has 33 heavy (non-hydrogen) atoms. The van der Waals surface area contributed by atoms with Gasteiger partial charge in [-0.3, -0.25) is 4.68 Å². The van der Waals surface area contributed by atoms with Crippen LogP contribution < -0.4 is 15.4 Å². The molecular formula is C24H29N7O2. The smallest absolute Gasteiger partial charge is 0.247 e. The molecule has 3 aromatic heterocycles. The first-order chi connectivity index (χ1) is 15.9. The monoisotopic (exact) mass is 447 g/mol. The number of hydrogen-bond donors (Lipinski definition) is 3. The fourth-order valence-corrected chi connectivity index (χ4v) is 4.34. The van der Waals surface area contributed by atoms with Gasteiger partial charge in [-0.05, 0) is 62.4 Å². The summed E-state index contributed by atoms with van der Waals surface area (Å²) in [4.78, 5) is 4.77. The van der Waals surface area contributed by atoms with Gasteiger partial charge in [0.2, 0.25) is 5.95 Å². The summed E-state index contributed by atoms with van der Waals surface area (Å²) in [6.07, 6.45) is 9.05. The van der Waals surface area contributed by atoms with Gasteiger partial charge in [0.25, 0.3) is 0 Å². The Morgan fingerprint density at radius 1 is 1.18 bits per heavy atom. The van der Waals surface area contributed by atoms with Crippen molar-refractivity contribution in [2.45, 2.75) is 44.2 Å². The molecule has 0 saturated heterocycles. The Balaban J connectivity index is 1.41. The lowest BCUT2D eigenvalue weighted by Crippen LogP contribution is -2.36. The maximum Gasteiger partial charge on any atom is 0.247 e. The number of aromatic nitrogens is 5. The molecule has 172 valence electrons. The van der Waals surface area contributed by atoms with Crippen LogP contribution in [-0.4, -0.2) is 48.2 Å². The molecule has 5 rings (SSSR count). The molecule has 9 heteroatoms. The fraction of sp³-hybridized carbons (Fsp3) is 0.375. The molecule has 0 radical (unpaired) electrons. The van der Waals surface area contributed by atoms with E-state index < -0.39 is 5.60 Å². The Labute approximate surface area is 192 Å². The molecule has 0 bridgehead atoms. The van der Waals surface area contributed by atoms with Crippen LogP contribution in [0.3, 0.4) is 0 Å². The van der Waals surface area contributed by atoms with E-state index in [2.05, 4.69) is 20.8 Å². The largest absolute Gasteiger partial charge is 0.495 e. The topological polar surface area (TPSA) is 102 Å². The standard InChI is InChI=1S/C24H29N7O2/c1-24(32)10-8-18(9-11-24)26-22-20-5-4-12-31(20)29-23(28-22)27-19-7-6-16(13-21(19)33-3)17-14-25-30(2)15-17/h4-7,12-15,18,32H,8-11H2,1-3H3,(H2,26,27,28,29)/t18-,24-. The van der Waals surface area contributed by atoms with Crippen LogP contribution in [0.2, 0.25) is 0 Å².